The molecule has 112 valence electrons. The minimum Gasteiger partial charge on any atom is -0.496 e. The van der Waals surface area contributed by atoms with Gasteiger partial charge >= 0.3 is 0 Å². The Morgan fingerprint density at radius 3 is 2.75 bits per heavy atom. The lowest BCUT2D eigenvalue weighted by atomic mass is 9.84. The molecule has 1 aliphatic rings. The van der Waals surface area contributed by atoms with Gasteiger partial charge in [0.15, 0.2) is 0 Å². The number of hydrazine groups is 1. The van der Waals surface area contributed by atoms with Crippen LogP contribution in [0.5, 0.6) is 5.75 Å². The van der Waals surface area contributed by atoms with E-state index in [1.807, 2.05) is 18.2 Å². The van der Waals surface area contributed by atoms with Crippen molar-refractivity contribution < 1.29 is 4.74 Å². The van der Waals surface area contributed by atoms with Gasteiger partial charge in [0.1, 0.15) is 5.75 Å². The zero-order valence-corrected chi connectivity index (χ0v) is 13.0. The van der Waals surface area contributed by atoms with Crippen LogP contribution in [-0.2, 0) is 0 Å². The summed E-state index contributed by atoms with van der Waals surface area (Å²) in [5.41, 5.74) is 3.98. The summed E-state index contributed by atoms with van der Waals surface area (Å²) < 4.78 is 5.42. The van der Waals surface area contributed by atoms with Crippen molar-refractivity contribution in [3.8, 4) is 5.75 Å². The van der Waals surface area contributed by atoms with Gasteiger partial charge in [0, 0.05) is 16.6 Å². The maximum absolute atomic E-state index is 6.10. The highest BCUT2D eigenvalue weighted by molar-refractivity contribution is 6.30. The topological polar surface area (TPSA) is 47.3 Å². The van der Waals surface area contributed by atoms with Gasteiger partial charge in [-0.25, -0.2) is 0 Å². The molecular weight excluding hydrogens is 272 g/mol. The minimum absolute atomic E-state index is 0.102. The van der Waals surface area contributed by atoms with Gasteiger partial charge in [-0.15, -0.1) is 0 Å². The number of methoxy groups -OCH3 is 1. The molecule has 1 unspecified atom stereocenters. The minimum atomic E-state index is 0.102. The first kappa shape index (κ1) is 15.6. The lowest BCUT2D eigenvalue weighted by Gasteiger charge is -2.25. The fraction of sp³-hybridized carbons (Fsp3) is 0.625. The predicted molar refractivity (Wildman–Crippen MR) is 83.9 cm³/mol. The summed E-state index contributed by atoms with van der Waals surface area (Å²) in [7, 11) is 1.68. The molecule has 4 heteroatoms. The predicted octanol–water partition coefficient (Wildman–Crippen LogP) is 4.21. The van der Waals surface area contributed by atoms with Crippen LogP contribution < -0.4 is 16.0 Å². The Labute approximate surface area is 126 Å². The van der Waals surface area contributed by atoms with Crippen LogP contribution in [0.15, 0.2) is 18.2 Å². The van der Waals surface area contributed by atoms with Crippen molar-refractivity contribution in [1.82, 2.24) is 5.43 Å². The number of benzene rings is 1. The Hall–Kier alpha value is -0.770. The maximum atomic E-state index is 6.10. The fourth-order valence-corrected chi connectivity index (χ4v) is 3.36. The van der Waals surface area contributed by atoms with Gasteiger partial charge in [0.25, 0.3) is 0 Å². The summed E-state index contributed by atoms with van der Waals surface area (Å²) in [4.78, 5) is 0. The molecule has 0 aromatic heterocycles. The molecule has 1 atom stereocenters. The molecule has 2 rings (SSSR count). The third-order valence-corrected chi connectivity index (χ3v) is 4.59. The van der Waals surface area contributed by atoms with E-state index in [4.69, 9.17) is 22.2 Å². The second-order valence-electron chi connectivity index (χ2n) is 5.69. The lowest BCUT2D eigenvalue weighted by Crippen LogP contribution is -2.29. The van der Waals surface area contributed by atoms with E-state index in [1.54, 1.807) is 7.11 Å². The molecule has 1 saturated carbocycles. The molecule has 0 spiro atoms. The van der Waals surface area contributed by atoms with Crippen molar-refractivity contribution in [3.63, 3.8) is 0 Å². The average Bonchev–Trinajstić information content (AvgIpc) is 2.49. The fourth-order valence-electron chi connectivity index (χ4n) is 3.18. The zero-order valence-electron chi connectivity index (χ0n) is 12.2. The van der Waals surface area contributed by atoms with Crippen LogP contribution in [0.1, 0.15) is 56.6 Å². The highest BCUT2D eigenvalue weighted by Gasteiger charge is 2.19. The average molecular weight is 297 g/mol. The Morgan fingerprint density at radius 1 is 1.35 bits per heavy atom. The van der Waals surface area contributed by atoms with Gasteiger partial charge < -0.3 is 4.74 Å². The largest absolute Gasteiger partial charge is 0.496 e. The van der Waals surface area contributed by atoms with Crippen LogP contribution in [0.3, 0.4) is 0 Å². The molecule has 0 heterocycles. The molecule has 1 aliphatic carbocycles. The SMILES string of the molecule is COc1ccc(Cl)cc1C(CCC1CCCCC1)NN. The molecular formula is C16H25ClN2O. The third kappa shape index (κ3) is 4.11. The number of hydrogen-bond donors (Lipinski definition) is 2. The molecule has 0 saturated heterocycles. The summed E-state index contributed by atoms with van der Waals surface area (Å²) in [6.07, 6.45) is 9.13. The molecule has 3 N–H and O–H groups in total. The summed E-state index contributed by atoms with van der Waals surface area (Å²) in [5.74, 6) is 7.45. The molecule has 0 bridgehead atoms. The zero-order chi connectivity index (χ0) is 14.4. The van der Waals surface area contributed by atoms with Crippen LogP contribution >= 0.6 is 11.6 Å². The smallest absolute Gasteiger partial charge is 0.123 e. The van der Waals surface area contributed by atoms with Crippen molar-refractivity contribution in [2.45, 2.75) is 51.0 Å². The maximum Gasteiger partial charge on any atom is 0.123 e. The van der Waals surface area contributed by atoms with Gasteiger partial charge in [-0.3, -0.25) is 11.3 Å². The number of rotatable bonds is 6. The number of hydrogen-bond acceptors (Lipinski definition) is 3. The first-order valence-corrected chi connectivity index (χ1v) is 7.92. The van der Waals surface area contributed by atoms with Crippen molar-refractivity contribution in [2.24, 2.45) is 11.8 Å². The first-order valence-electron chi connectivity index (χ1n) is 7.54. The van der Waals surface area contributed by atoms with Crippen LogP contribution in [0.25, 0.3) is 0 Å². The normalized spacial score (nSPS) is 17.9. The quantitative estimate of drug-likeness (QED) is 0.610. The van der Waals surface area contributed by atoms with E-state index in [0.717, 1.165) is 28.7 Å². The van der Waals surface area contributed by atoms with E-state index < -0.39 is 0 Å². The summed E-state index contributed by atoms with van der Waals surface area (Å²) in [6, 6.07) is 5.80. The summed E-state index contributed by atoms with van der Waals surface area (Å²) in [5, 5.41) is 0.721. The van der Waals surface area contributed by atoms with E-state index in [0.29, 0.717) is 0 Å². The Balaban J connectivity index is 2.01. The molecule has 0 amide bonds. The summed E-state index contributed by atoms with van der Waals surface area (Å²) in [6.45, 7) is 0. The van der Waals surface area contributed by atoms with E-state index in [1.165, 1.54) is 38.5 Å². The summed E-state index contributed by atoms with van der Waals surface area (Å²) >= 11 is 6.10. The van der Waals surface area contributed by atoms with Crippen molar-refractivity contribution in [2.75, 3.05) is 7.11 Å². The van der Waals surface area contributed by atoms with Crippen LogP contribution in [0.4, 0.5) is 0 Å². The number of nitrogens with two attached hydrogens (primary N) is 1. The van der Waals surface area contributed by atoms with E-state index >= 15 is 0 Å². The first-order chi connectivity index (χ1) is 9.74. The van der Waals surface area contributed by atoms with Crippen molar-refractivity contribution in [1.29, 1.82) is 0 Å². The van der Waals surface area contributed by atoms with Gasteiger partial charge in [-0.2, -0.15) is 0 Å². The Bertz CT molecular complexity index is 419. The molecule has 1 fully saturated rings. The van der Waals surface area contributed by atoms with Crippen LogP contribution in [0.2, 0.25) is 5.02 Å². The molecule has 3 nitrogen and oxygen atoms in total. The van der Waals surface area contributed by atoms with Gasteiger partial charge in [-0.1, -0.05) is 43.7 Å². The molecule has 0 radical (unpaired) electrons. The van der Waals surface area contributed by atoms with Crippen LogP contribution in [-0.4, -0.2) is 7.11 Å². The Morgan fingerprint density at radius 2 is 2.10 bits per heavy atom. The molecule has 1 aromatic rings. The van der Waals surface area contributed by atoms with E-state index in [9.17, 15) is 0 Å². The Kier molecular flexibility index (Phi) is 6.14. The van der Waals surface area contributed by atoms with Gasteiger partial charge in [0.05, 0.1) is 7.11 Å². The monoisotopic (exact) mass is 296 g/mol. The van der Waals surface area contributed by atoms with E-state index in [-0.39, 0.29) is 6.04 Å². The third-order valence-electron chi connectivity index (χ3n) is 4.36. The second-order valence-corrected chi connectivity index (χ2v) is 6.12. The van der Waals surface area contributed by atoms with Crippen molar-refractivity contribution in [3.05, 3.63) is 28.8 Å². The standard InChI is InChI=1S/C16H25ClN2O/c1-20-16-10-8-13(17)11-14(16)15(19-18)9-7-12-5-3-2-4-6-12/h8,10-12,15,19H,2-7,9,18H2,1H3. The van der Waals surface area contributed by atoms with E-state index in [2.05, 4.69) is 5.43 Å². The van der Waals surface area contributed by atoms with Gasteiger partial charge in [0.2, 0.25) is 0 Å². The highest BCUT2D eigenvalue weighted by Crippen LogP contribution is 2.34. The highest BCUT2D eigenvalue weighted by atomic mass is 35.5. The lowest BCUT2D eigenvalue weighted by molar-refractivity contribution is 0.312. The number of ether oxygens (including phenoxy) is 1. The number of halogens is 1. The number of nitrogens with one attached hydrogen (secondary N) is 1. The molecule has 0 aliphatic heterocycles. The van der Waals surface area contributed by atoms with Crippen LogP contribution in [0, 0.1) is 5.92 Å². The second kappa shape index (κ2) is 7.87. The van der Waals surface area contributed by atoms with Gasteiger partial charge in [-0.05, 0) is 37.0 Å². The molecule has 1 aromatic carbocycles. The molecule has 20 heavy (non-hydrogen) atoms. The van der Waals surface area contributed by atoms with Crippen molar-refractivity contribution >= 4 is 11.6 Å².